The van der Waals surface area contributed by atoms with E-state index in [-0.39, 0.29) is 0 Å². The molecule has 0 aliphatic rings. The van der Waals surface area contributed by atoms with Crippen LogP contribution in [0.1, 0.15) is 0 Å². The quantitative estimate of drug-likeness (QED) is 0.168. The number of anilines is 3. The van der Waals surface area contributed by atoms with Crippen molar-refractivity contribution in [3.8, 4) is 22.3 Å². The van der Waals surface area contributed by atoms with Crippen molar-refractivity contribution in [3.05, 3.63) is 200 Å². The first-order valence-electron chi connectivity index (χ1n) is 17.6. The lowest BCUT2D eigenvalue weighted by molar-refractivity contribution is 1.30. The minimum Gasteiger partial charge on any atom is -0.310 e. The van der Waals surface area contributed by atoms with Gasteiger partial charge in [0.25, 0.3) is 0 Å². The Hall–Kier alpha value is -6.70. The zero-order valence-electron chi connectivity index (χ0n) is 28.0. The van der Waals surface area contributed by atoms with Crippen LogP contribution in [0, 0.1) is 0 Å². The van der Waals surface area contributed by atoms with Crippen LogP contribution in [0.15, 0.2) is 200 Å². The average molecular weight is 648 g/mol. The Balaban J connectivity index is 1.03. The second-order valence-corrected chi connectivity index (χ2v) is 13.3. The Kier molecular flexibility index (Phi) is 6.89. The highest BCUT2D eigenvalue weighted by molar-refractivity contribution is 6.18. The number of fused-ring (bicyclic) bond motifs is 8. The highest BCUT2D eigenvalue weighted by Crippen LogP contribution is 2.43. The SMILES string of the molecule is c1ccc(N(c2cccc(-c3ccc(-c4ccc5c(ccc6c7ccccc7ccc56)c4)cc3)c2)c2cc3ccccc3c3ccccc23)cc1. The van der Waals surface area contributed by atoms with Gasteiger partial charge in [0.1, 0.15) is 0 Å². The third-order valence-electron chi connectivity index (χ3n) is 10.4. The number of benzene rings is 10. The van der Waals surface area contributed by atoms with E-state index in [9.17, 15) is 0 Å². The molecular weight excluding hydrogens is 615 g/mol. The molecule has 0 amide bonds. The maximum Gasteiger partial charge on any atom is 0.0546 e. The van der Waals surface area contributed by atoms with Gasteiger partial charge in [-0.2, -0.15) is 0 Å². The zero-order valence-corrected chi connectivity index (χ0v) is 28.0. The molecule has 0 bridgehead atoms. The molecule has 0 unspecified atom stereocenters. The summed E-state index contributed by atoms with van der Waals surface area (Å²) in [5.74, 6) is 0. The summed E-state index contributed by atoms with van der Waals surface area (Å²) >= 11 is 0. The molecule has 51 heavy (non-hydrogen) atoms. The maximum absolute atomic E-state index is 2.40. The van der Waals surface area contributed by atoms with E-state index in [0.29, 0.717) is 0 Å². The fourth-order valence-corrected chi connectivity index (χ4v) is 7.91. The number of hydrogen-bond acceptors (Lipinski definition) is 1. The Morgan fingerprint density at radius 1 is 0.235 bits per heavy atom. The van der Waals surface area contributed by atoms with Gasteiger partial charge in [-0.1, -0.05) is 164 Å². The second kappa shape index (κ2) is 12.0. The second-order valence-electron chi connectivity index (χ2n) is 13.3. The molecule has 1 nitrogen and oxygen atoms in total. The van der Waals surface area contributed by atoms with Gasteiger partial charge in [-0.15, -0.1) is 0 Å². The molecule has 10 rings (SSSR count). The Bertz CT molecular complexity index is 2900. The van der Waals surface area contributed by atoms with Crippen LogP contribution in [0.25, 0.3) is 76.1 Å². The molecule has 0 saturated heterocycles. The van der Waals surface area contributed by atoms with Gasteiger partial charge >= 0.3 is 0 Å². The number of hydrogen-bond donors (Lipinski definition) is 0. The molecule has 0 aliphatic heterocycles. The maximum atomic E-state index is 2.40. The van der Waals surface area contributed by atoms with E-state index in [4.69, 9.17) is 0 Å². The van der Waals surface area contributed by atoms with Crippen molar-refractivity contribution in [3.63, 3.8) is 0 Å². The van der Waals surface area contributed by atoms with E-state index in [1.165, 1.54) is 81.8 Å². The monoisotopic (exact) mass is 647 g/mol. The molecule has 238 valence electrons. The highest BCUT2D eigenvalue weighted by atomic mass is 15.1. The molecule has 10 aromatic carbocycles. The number of para-hydroxylation sites is 1. The van der Waals surface area contributed by atoms with Crippen LogP contribution in [-0.4, -0.2) is 0 Å². The Morgan fingerprint density at radius 2 is 0.706 bits per heavy atom. The third kappa shape index (κ3) is 5.02. The van der Waals surface area contributed by atoms with Crippen LogP contribution < -0.4 is 4.90 Å². The zero-order chi connectivity index (χ0) is 33.7. The summed E-state index contributed by atoms with van der Waals surface area (Å²) in [6, 6.07) is 73.0. The van der Waals surface area contributed by atoms with E-state index < -0.39 is 0 Å². The van der Waals surface area contributed by atoms with Gasteiger partial charge in [0.15, 0.2) is 0 Å². The number of nitrogens with zero attached hydrogens (tertiary/aromatic N) is 1. The van der Waals surface area contributed by atoms with E-state index in [1.807, 2.05) is 0 Å². The molecule has 10 aromatic rings. The standard InChI is InChI=1S/C50H33N/c1-2-14-41(15-3-1)51(50-33-39-12-5-7-18-44(39)46-19-8-9-20-49(46)50)42-16-10-13-37(32-42)34-21-23-35(24-22-34)38-26-28-45-40(31-38)27-30-47-43-17-6-4-11-36(43)25-29-48(45)47/h1-33H. The molecular formula is C50H33N. The fourth-order valence-electron chi connectivity index (χ4n) is 7.91. The van der Waals surface area contributed by atoms with Gasteiger partial charge in [0.2, 0.25) is 0 Å². The van der Waals surface area contributed by atoms with Crippen molar-refractivity contribution >= 4 is 70.9 Å². The third-order valence-corrected chi connectivity index (χ3v) is 10.4. The van der Waals surface area contributed by atoms with Crippen LogP contribution in [0.5, 0.6) is 0 Å². The Labute approximate surface area is 297 Å². The first-order valence-corrected chi connectivity index (χ1v) is 17.6. The highest BCUT2D eigenvalue weighted by Gasteiger charge is 2.18. The minimum absolute atomic E-state index is 1.12. The van der Waals surface area contributed by atoms with Gasteiger partial charge in [0.05, 0.1) is 5.69 Å². The first-order chi connectivity index (χ1) is 25.3. The van der Waals surface area contributed by atoms with Gasteiger partial charge in [0, 0.05) is 16.8 Å². The average Bonchev–Trinajstić information content (AvgIpc) is 3.21. The molecule has 0 N–H and O–H groups in total. The fraction of sp³-hybridized carbons (Fsp3) is 0. The summed E-state index contributed by atoms with van der Waals surface area (Å²) < 4.78 is 0. The molecule has 1 heteroatoms. The van der Waals surface area contributed by atoms with Crippen LogP contribution in [0.2, 0.25) is 0 Å². The summed E-state index contributed by atoms with van der Waals surface area (Å²) in [5, 5.41) is 12.7. The Morgan fingerprint density at radius 3 is 1.45 bits per heavy atom. The lowest BCUT2D eigenvalue weighted by Crippen LogP contribution is -2.10. The molecule has 0 aromatic heterocycles. The minimum atomic E-state index is 1.12. The normalized spacial score (nSPS) is 11.5. The van der Waals surface area contributed by atoms with Crippen molar-refractivity contribution in [1.82, 2.24) is 0 Å². The van der Waals surface area contributed by atoms with E-state index in [2.05, 4.69) is 205 Å². The largest absolute Gasteiger partial charge is 0.310 e. The predicted octanol–water partition coefficient (Wildman–Crippen LogP) is 14.3. The van der Waals surface area contributed by atoms with E-state index in [0.717, 1.165) is 11.4 Å². The summed E-state index contributed by atoms with van der Waals surface area (Å²) in [5.41, 5.74) is 8.23. The lowest BCUT2D eigenvalue weighted by atomic mass is 9.94. The molecule has 0 atom stereocenters. The predicted molar refractivity (Wildman–Crippen MR) is 220 cm³/mol. The molecule has 0 fully saturated rings. The summed E-state index contributed by atoms with van der Waals surface area (Å²) in [6.07, 6.45) is 0. The molecule has 0 heterocycles. The summed E-state index contributed by atoms with van der Waals surface area (Å²) in [6.45, 7) is 0. The van der Waals surface area contributed by atoms with Crippen LogP contribution in [0.3, 0.4) is 0 Å². The van der Waals surface area contributed by atoms with Crippen LogP contribution in [0.4, 0.5) is 17.1 Å². The topological polar surface area (TPSA) is 3.24 Å². The van der Waals surface area contributed by atoms with Crippen molar-refractivity contribution in [1.29, 1.82) is 0 Å². The molecule has 0 spiro atoms. The number of rotatable bonds is 5. The summed E-state index contributed by atoms with van der Waals surface area (Å²) in [7, 11) is 0. The van der Waals surface area contributed by atoms with Gasteiger partial charge in [-0.05, 0) is 107 Å². The molecule has 0 radical (unpaired) electrons. The van der Waals surface area contributed by atoms with Crippen molar-refractivity contribution in [2.45, 2.75) is 0 Å². The molecule has 0 aliphatic carbocycles. The van der Waals surface area contributed by atoms with Gasteiger partial charge in [-0.25, -0.2) is 0 Å². The molecule has 0 saturated carbocycles. The van der Waals surface area contributed by atoms with E-state index >= 15 is 0 Å². The van der Waals surface area contributed by atoms with Crippen molar-refractivity contribution < 1.29 is 0 Å². The van der Waals surface area contributed by atoms with Crippen LogP contribution in [-0.2, 0) is 0 Å². The lowest BCUT2D eigenvalue weighted by Gasteiger charge is -2.28. The smallest absolute Gasteiger partial charge is 0.0546 e. The van der Waals surface area contributed by atoms with Crippen LogP contribution >= 0.6 is 0 Å². The van der Waals surface area contributed by atoms with E-state index in [1.54, 1.807) is 0 Å². The first kappa shape index (κ1) is 29.2. The van der Waals surface area contributed by atoms with Gasteiger partial charge in [-0.3, -0.25) is 0 Å². The van der Waals surface area contributed by atoms with Gasteiger partial charge < -0.3 is 4.90 Å². The van der Waals surface area contributed by atoms with Crippen molar-refractivity contribution in [2.24, 2.45) is 0 Å². The van der Waals surface area contributed by atoms with Crippen molar-refractivity contribution in [2.75, 3.05) is 4.90 Å². The summed E-state index contributed by atoms with van der Waals surface area (Å²) in [4.78, 5) is 2.40.